The minimum absolute atomic E-state index is 0.0193. The van der Waals surface area contributed by atoms with E-state index in [9.17, 15) is 14.5 Å². The lowest BCUT2D eigenvalue weighted by atomic mass is 10.2. The van der Waals surface area contributed by atoms with E-state index < -0.39 is 16.4 Å². The Morgan fingerprint density at radius 3 is 2.78 bits per heavy atom. The summed E-state index contributed by atoms with van der Waals surface area (Å²) in [5.74, 6) is -0.825. The van der Waals surface area contributed by atoms with Crippen LogP contribution in [-0.4, -0.2) is 4.92 Å². The first-order chi connectivity index (χ1) is 8.68. The molecule has 0 aliphatic carbocycles. The third-order valence-corrected chi connectivity index (χ3v) is 3.19. The molecule has 94 valence electrons. The largest absolute Gasteiger partial charge is 0.371 e. The maximum absolute atomic E-state index is 13.7. The summed E-state index contributed by atoms with van der Waals surface area (Å²) >= 11 is 1.54. The average molecular weight is 267 g/mol. The SMILES string of the molecule is O=[N+]([O-])c1cccc(COCc2cccs2)c1F. The molecule has 0 saturated carbocycles. The first-order valence-electron chi connectivity index (χ1n) is 5.20. The van der Waals surface area contributed by atoms with Crippen LogP contribution in [0.25, 0.3) is 0 Å². The fourth-order valence-electron chi connectivity index (χ4n) is 1.48. The van der Waals surface area contributed by atoms with E-state index in [1.165, 1.54) is 12.1 Å². The van der Waals surface area contributed by atoms with Crippen LogP contribution in [0.3, 0.4) is 0 Å². The quantitative estimate of drug-likeness (QED) is 0.615. The molecular formula is C12H10FNO3S. The Kier molecular flexibility index (Phi) is 4.01. The number of halogens is 1. The van der Waals surface area contributed by atoms with Crippen molar-refractivity contribution in [1.29, 1.82) is 0 Å². The highest BCUT2D eigenvalue weighted by Gasteiger charge is 2.16. The number of benzene rings is 1. The Bertz CT molecular complexity index is 542. The second-order valence-corrected chi connectivity index (χ2v) is 4.61. The molecule has 0 fully saturated rings. The zero-order chi connectivity index (χ0) is 13.0. The van der Waals surface area contributed by atoms with Gasteiger partial charge in [-0.1, -0.05) is 18.2 Å². The lowest BCUT2D eigenvalue weighted by Crippen LogP contribution is -1.99. The van der Waals surface area contributed by atoms with Crippen molar-refractivity contribution in [2.75, 3.05) is 0 Å². The van der Waals surface area contributed by atoms with Crippen molar-refractivity contribution in [1.82, 2.24) is 0 Å². The van der Waals surface area contributed by atoms with Gasteiger partial charge in [-0.05, 0) is 11.4 Å². The van der Waals surface area contributed by atoms with E-state index in [-0.39, 0.29) is 12.2 Å². The van der Waals surface area contributed by atoms with Crippen LogP contribution in [0, 0.1) is 15.9 Å². The molecule has 2 aromatic rings. The molecule has 0 N–H and O–H groups in total. The number of nitro benzene ring substituents is 1. The minimum atomic E-state index is -0.825. The molecule has 0 spiro atoms. The maximum atomic E-state index is 13.7. The van der Waals surface area contributed by atoms with Crippen LogP contribution < -0.4 is 0 Å². The zero-order valence-electron chi connectivity index (χ0n) is 9.34. The van der Waals surface area contributed by atoms with Gasteiger partial charge in [0.2, 0.25) is 5.82 Å². The normalized spacial score (nSPS) is 10.5. The summed E-state index contributed by atoms with van der Waals surface area (Å²) in [6, 6.07) is 7.88. The summed E-state index contributed by atoms with van der Waals surface area (Å²) in [5.41, 5.74) is -0.326. The number of nitrogens with zero attached hydrogens (tertiary/aromatic N) is 1. The molecule has 0 aliphatic heterocycles. The van der Waals surface area contributed by atoms with E-state index >= 15 is 0 Å². The number of hydrogen-bond acceptors (Lipinski definition) is 4. The van der Waals surface area contributed by atoms with Crippen LogP contribution in [0.5, 0.6) is 0 Å². The number of hydrogen-bond donors (Lipinski definition) is 0. The Hall–Kier alpha value is -1.79. The second kappa shape index (κ2) is 5.70. The highest BCUT2D eigenvalue weighted by atomic mass is 32.1. The summed E-state index contributed by atoms with van der Waals surface area (Å²) in [6.45, 7) is 0.394. The molecule has 1 aromatic carbocycles. The van der Waals surface area contributed by atoms with Gasteiger partial charge < -0.3 is 4.74 Å². The lowest BCUT2D eigenvalue weighted by molar-refractivity contribution is -0.387. The predicted octanol–water partition coefficient (Wildman–Crippen LogP) is 3.51. The molecule has 0 amide bonds. The van der Waals surface area contributed by atoms with Crippen molar-refractivity contribution in [3.8, 4) is 0 Å². The van der Waals surface area contributed by atoms with Crippen molar-refractivity contribution >= 4 is 17.0 Å². The first-order valence-corrected chi connectivity index (χ1v) is 6.08. The van der Waals surface area contributed by atoms with Crippen LogP contribution in [0.2, 0.25) is 0 Å². The van der Waals surface area contributed by atoms with Gasteiger partial charge in [0.1, 0.15) is 0 Å². The average Bonchev–Trinajstić information content (AvgIpc) is 2.84. The molecule has 0 aliphatic rings. The smallest absolute Gasteiger partial charge is 0.305 e. The van der Waals surface area contributed by atoms with Gasteiger partial charge in [-0.2, -0.15) is 4.39 Å². The van der Waals surface area contributed by atoms with Crippen LogP contribution in [-0.2, 0) is 18.0 Å². The van der Waals surface area contributed by atoms with Gasteiger partial charge in [-0.15, -0.1) is 11.3 Å². The van der Waals surface area contributed by atoms with Crippen molar-refractivity contribution < 1.29 is 14.1 Å². The molecular weight excluding hydrogens is 257 g/mol. The molecule has 0 radical (unpaired) electrons. The fraction of sp³-hybridized carbons (Fsp3) is 0.167. The highest BCUT2D eigenvalue weighted by Crippen LogP contribution is 2.21. The molecule has 6 heteroatoms. The predicted molar refractivity (Wildman–Crippen MR) is 65.9 cm³/mol. The Balaban J connectivity index is 2.01. The first kappa shape index (κ1) is 12.7. The zero-order valence-corrected chi connectivity index (χ0v) is 10.2. The van der Waals surface area contributed by atoms with Crippen molar-refractivity contribution in [3.05, 3.63) is 62.1 Å². The molecule has 2 rings (SSSR count). The monoisotopic (exact) mass is 267 g/mol. The van der Waals surface area contributed by atoms with Gasteiger partial charge in [0, 0.05) is 16.5 Å². The van der Waals surface area contributed by atoms with Gasteiger partial charge in [-0.3, -0.25) is 10.1 Å². The number of ether oxygens (including phenoxy) is 1. The molecule has 0 atom stereocenters. The molecule has 18 heavy (non-hydrogen) atoms. The van der Waals surface area contributed by atoms with Gasteiger partial charge in [0.05, 0.1) is 18.1 Å². The van der Waals surface area contributed by atoms with Gasteiger partial charge in [0.25, 0.3) is 0 Å². The van der Waals surface area contributed by atoms with E-state index in [1.54, 1.807) is 11.3 Å². The van der Waals surface area contributed by atoms with E-state index in [1.807, 2.05) is 17.5 Å². The Morgan fingerprint density at radius 2 is 2.11 bits per heavy atom. The second-order valence-electron chi connectivity index (χ2n) is 3.58. The third-order valence-electron chi connectivity index (χ3n) is 2.34. The molecule has 0 bridgehead atoms. The fourth-order valence-corrected chi connectivity index (χ4v) is 2.12. The molecule has 4 nitrogen and oxygen atoms in total. The Labute approximate surface area is 107 Å². The van der Waals surface area contributed by atoms with Gasteiger partial charge >= 0.3 is 5.69 Å². The Morgan fingerprint density at radius 1 is 1.28 bits per heavy atom. The van der Waals surface area contributed by atoms with Crippen LogP contribution in [0.15, 0.2) is 35.7 Å². The van der Waals surface area contributed by atoms with Crippen molar-refractivity contribution in [2.45, 2.75) is 13.2 Å². The third kappa shape index (κ3) is 2.91. The molecule has 0 unspecified atom stereocenters. The van der Waals surface area contributed by atoms with Gasteiger partial charge in [-0.25, -0.2) is 0 Å². The van der Waals surface area contributed by atoms with Gasteiger partial charge in [0.15, 0.2) is 0 Å². The lowest BCUT2D eigenvalue weighted by Gasteiger charge is -2.04. The number of nitro groups is 1. The number of thiophene rings is 1. The summed E-state index contributed by atoms with van der Waals surface area (Å²) in [4.78, 5) is 10.9. The van der Waals surface area contributed by atoms with E-state index in [4.69, 9.17) is 4.74 Å². The molecule has 1 aromatic heterocycles. The molecule has 0 saturated heterocycles. The van der Waals surface area contributed by atoms with Crippen molar-refractivity contribution in [3.63, 3.8) is 0 Å². The van der Waals surface area contributed by atoms with Crippen LogP contribution >= 0.6 is 11.3 Å². The van der Waals surface area contributed by atoms with E-state index in [0.29, 0.717) is 6.61 Å². The van der Waals surface area contributed by atoms with Crippen LogP contribution in [0.1, 0.15) is 10.4 Å². The maximum Gasteiger partial charge on any atom is 0.305 e. The summed E-state index contributed by atoms with van der Waals surface area (Å²) < 4.78 is 19.0. The number of rotatable bonds is 5. The standard InChI is InChI=1S/C12H10FNO3S/c13-12-9(3-1-5-11(12)14(15)16)7-17-8-10-4-2-6-18-10/h1-6H,7-8H2. The topological polar surface area (TPSA) is 52.4 Å². The molecule has 1 heterocycles. The van der Waals surface area contributed by atoms with Crippen LogP contribution in [0.4, 0.5) is 10.1 Å². The van der Waals surface area contributed by atoms with E-state index in [2.05, 4.69) is 0 Å². The van der Waals surface area contributed by atoms with E-state index in [0.717, 1.165) is 10.9 Å². The van der Waals surface area contributed by atoms with Crippen molar-refractivity contribution in [2.24, 2.45) is 0 Å². The summed E-state index contributed by atoms with van der Waals surface area (Å²) in [7, 11) is 0. The minimum Gasteiger partial charge on any atom is -0.371 e. The summed E-state index contributed by atoms with van der Waals surface area (Å²) in [6.07, 6.45) is 0. The summed E-state index contributed by atoms with van der Waals surface area (Å²) in [5, 5.41) is 12.5. The highest BCUT2D eigenvalue weighted by molar-refractivity contribution is 7.09.